The second kappa shape index (κ2) is 8.43. The van der Waals surface area contributed by atoms with Crippen LogP contribution >= 0.6 is 0 Å². The molecule has 0 bridgehead atoms. The molecule has 21 heavy (non-hydrogen) atoms. The van der Waals surface area contributed by atoms with Crippen molar-refractivity contribution in [1.82, 2.24) is 5.32 Å². The summed E-state index contributed by atoms with van der Waals surface area (Å²) in [5, 5.41) is 3.52. The Morgan fingerprint density at radius 3 is 2.57 bits per heavy atom. The molecule has 0 aliphatic heterocycles. The van der Waals surface area contributed by atoms with Gasteiger partial charge in [0.1, 0.15) is 5.75 Å². The zero-order chi connectivity index (χ0) is 15.9. The van der Waals surface area contributed by atoms with E-state index in [1.165, 1.54) is 17.5 Å². The maximum atomic E-state index is 6.05. The van der Waals surface area contributed by atoms with Crippen LogP contribution in [-0.4, -0.2) is 19.2 Å². The Bertz CT molecular complexity index is 420. The van der Waals surface area contributed by atoms with E-state index in [2.05, 4.69) is 65.1 Å². The Morgan fingerprint density at radius 2 is 1.95 bits per heavy atom. The highest BCUT2D eigenvalue weighted by Gasteiger charge is 2.19. The van der Waals surface area contributed by atoms with Crippen molar-refractivity contribution in [2.75, 3.05) is 13.2 Å². The predicted molar refractivity (Wildman–Crippen MR) is 92.4 cm³/mol. The van der Waals surface area contributed by atoms with Gasteiger partial charge in [-0.05, 0) is 56.7 Å². The second-order valence-corrected chi connectivity index (χ2v) is 7.10. The highest BCUT2D eigenvalue weighted by atomic mass is 16.5. The first kappa shape index (κ1) is 18.0. The fourth-order valence-corrected chi connectivity index (χ4v) is 2.42. The van der Waals surface area contributed by atoms with Crippen molar-refractivity contribution >= 4 is 0 Å². The lowest BCUT2D eigenvalue weighted by atomic mass is 9.85. The van der Waals surface area contributed by atoms with Crippen molar-refractivity contribution in [3.8, 4) is 5.75 Å². The molecule has 0 fully saturated rings. The van der Waals surface area contributed by atoms with E-state index >= 15 is 0 Å². The molecular formula is C19H33NO. The van der Waals surface area contributed by atoms with Crippen LogP contribution in [0.4, 0.5) is 0 Å². The first-order chi connectivity index (χ1) is 9.84. The van der Waals surface area contributed by atoms with Crippen molar-refractivity contribution in [1.29, 1.82) is 0 Å². The second-order valence-electron chi connectivity index (χ2n) is 7.10. The third-order valence-electron chi connectivity index (χ3n) is 3.72. The van der Waals surface area contributed by atoms with Gasteiger partial charge in [-0.1, -0.05) is 45.4 Å². The summed E-state index contributed by atoms with van der Waals surface area (Å²) in [7, 11) is 0. The zero-order valence-electron chi connectivity index (χ0n) is 14.8. The van der Waals surface area contributed by atoms with E-state index in [0.717, 1.165) is 31.7 Å². The minimum atomic E-state index is 0.122. The van der Waals surface area contributed by atoms with Crippen LogP contribution < -0.4 is 10.1 Å². The fraction of sp³-hybridized carbons (Fsp3) is 0.684. The number of rotatable bonds is 8. The Hall–Kier alpha value is -1.02. The Labute approximate surface area is 131 Å². The van der Waals surface area contributed by atoms with E-state index in [0.29, 0.717) is 6.04 Å². The van der Waals surface area contributed by atoms with Crippen LogP contribution in [0.15, 0.2) is 18.2 Å². The molecule has 2 heteroatoms. The monoisotopic (exact) mass is 291 g/mol. The molecule has 1 atom stereocenters. The molecule has 1 rings (SSSR count). The molecule has 0 aliphatic rings. The van der Waals surface area contributed by atoms with Crippen LogP contribution in [0.25, 0.3) is 0 Å². The fourth-order valence-electron chi connectivity index (χ4n) is 2.42. The zero-order valence-corrected chi connectivity index (χ0v) is 14.8. The van der Waals surface area contributed by atoms with Crippen LogP contribution in [0.3, 0.4) is 0 Å². The molecular weight excluding hydrogens is 258 g/mol. The van der Waals surface area contributed by atoms with Gasteiger partial charge in [0.25, 0.3) is 0 Å². The van der Waals surface area contributed by atoms with E-state index in [1.807, 2.05) is 0 Å². The highest BCUT2D eigenvalue weighted by molar-refractivity contribution is 5.41. The van der Waals surface area contributed by atoms with Gasteiger partial charge < -0.3 is 10.1 Å². The summed E-state index contributed by atoms with van der Waals surface area (Å²) in [6.45, 7) is 15.2. The van der Waals surface area contributed by atoms with Crippen LogP contribution in [0.2, 0.25) is 0 Å². The number of benzene rings is 1. The number of nitrogens with one attached hydrogen (secondary N) is 1. The van der Waals surface area contributed by atoms with Crippen molar-refractivity contribution in [2.24, 2.45) is 0 Å². The average molecular weight is 291 g/mol. The summed E-state index contributed by atoms with van der Waals surface area (Å²) in [6, 6.07) is 7.08. The molecule has 1 unspecified atom stereocenters. The molecule has 1 aromatic rings. The molecule has 120 valence electrons. The maximum absolute atomic E-state index is 6.05. The molecule has 2 nitrogen and oxygen atoms in total. The van der Waals surface area contributed by atoms with Crippen molar-refractivity contribution in [3.05, 3.63) is 29.3 Å². The Morgan fingerprint density at radius 1 is 1.24 bits per heavy atom. The number of hydrogen-bond donors (Lipinski definition) is 1. The average Bonchev–Trinajstić information content (AvgIpc) is 2.41. The Balaban J connectivity index is 2.49. The van der Waals surface area contributed by atoms with E-state index in [4.69, 9.17) is 4.74 Å². The van der Waals surface area contributed by atoms with Gasteiger partial charge >= 0.3 is 0 Å². The molecule has 0 aromatic heterocycles. The van der Waals surface area contributed by atoms with Crippen molar-refractivity contribution in [2.45, 2.75) is 72.3 Å². The minimum Gasteiger partial charge on any atom is -0.493 e. The lowest BCUT2D eigenvalue weighted by molar-refractivity contribution is 0.291. The number of hydrogen-bond acceptors (Lipinski definition) is 2. The van der Waals surface area contributed by atoms with Gasteiger partial charge in [0.15, 0.2) is 0 Å². The number of aryl methyl sites for hydroxylation is 1. The predicted octanol–water partition coefficient (Wildman–Crippen LogP) is 4.84. The van der Waals surface area contributed by atoms with E-state index < -0.39 is 0 Å². The molecule has 0 radical (unpaired) electrons. The quantitative estimate of drug-likeness (QED) is 0.692. The largest absolute Gasteiger partial charge is 0.493 e. The molecule has 0 saturated carbocycles. The molecule has 0 spiro atoms. The third-order valence-corrected chi connectivity index (χ3v) is 3.72. The van der Waals surface area contributed by atoms with Crippen LogP contribution in [0.1, 0.15) is 65.0 Å². The van der Waals surface area contributed by atoms with E-state index in [-0.39, 0.29) is 5.41 Å². The van der Waals surface area contributed by atoms with Crippen LogP contribution in [0.5, 0.6) is 5.75 Å². The smallest absolute Gasteiger partial charge is 0.123 e. The summed E-state index contributed by atoms with van der Waals surface area (Å²) in [5.74, 6) is 1.04. The summed E-state index contributed by atoms with van der Waals surface area (Å²) in [5.41, 5.74) is 2.72. The van der Waals surface area contributed by atoms with Gasteiger partial charge in [0, 0.05) is 6.04 Å². The normalized spacial score (nSPS) is 13.2. The summed E-state index contributed by atoms with van der Waals surface area (Å²) < 4.78 is 6.05. The van der Waals surface area contributed by atoms with Crippen molar-refractivity contribution < 1.29 is 4.74 Å². The first-order valence-corrected chi connectivity index (χ1v) is 8.32. The highest BCUT2D eigenvalue weighted by Crippen LogP contribution is 2.32. The maximum Gasteiger partial charge on any atom is 0.123 e. The van der Waals surface area contributed by atoms with Gasteiger partial charge in [0.2, 0.25) is 0 Å². The van der Waals surface area contributed by atoms with Crippen LogP contribution in [-0.2, 0) is 5.41 Å². The lowest BCUT2D eigenvalue weighted by Gasteiger charge is -2.23. The minimum absolute atomic E-state index is 0.122. The van der Waals surface area contributed by atoms with Gasteiger partial charge in [-0.15, -0.1) is 0 Å². The topological polar surface area (TPSA) is 21.3 Å². The summed E-state index contributed by atoms with van der Waals surface area (Å²) in [6.07, 6.45) is 3.45. The first-order valence-electron chi connectivity index (χ1n) is 8.32. The number of ether oxygens (including phenoxy) is 1. The van der Waals surface area contributed by atoms with Gasteiger partial charge in [0.05, 0.1) is 6.61 Å². The Kier molecular flexibility index (Phi) is 7.24. The SMILES string of the molecule is CCCNC(C)CCCOc1ccc(C)cc1C(C)(C)C. The van der Waals surface area contributed by atoms with E-state index in [9.17, 15) is 0 Å². The van der Waals surface area contributed by atoms with Crippen LogP contribution in [0, 0.1) is 6.92 Å². The molecule has 0 aliphatic carbocycles. The molecule has 0 heterocycles. The molecule has 0 saturated heterocycles. The van der Waals surface area contributed by atoms with Gasteiger partial charge in [-0.3, -0.25) is 0 Å². The summed E-state index contributed by atoms with van der Waals surface area (Å²) in [4.78, 5) is 0. The molecule has 1 N–H and O–H groups in total. The summed E-state index contributed by atoms with van der Waals surface area (Å²) >= 11 is 0. The van der Waals surface area contributed by atoms with E-state index in [1.54, 1.807) is 0 Å². The molecule has 0 amide bonds. The molecule has 1 aromatic carbocycles. The third kappa shape index (κ3) is 6.52. The van der Waals surface area contributed by atoms with Crippen molar-refractivity contribution in [3.63, 3.8) is 0 Å². The van der Waals surface area contributed by atoms with Gasteiger partial charge in [-0.2, -0.15) is 0 Å². The standard InChI is InChI=1S/C19H33NO/c1-7-12-20-16(3)9-8-13-21-18-11-10-15(2)14-17(18)19(4,5)6/h10-11,14,16,20H,7-9,12-13H2,1-6H3. The van der Waals surface area contributed by atoms with Gasteiger partial charge in [-0.25, -0.2) is 0 Å². The lowest BCUT2D eigenvalue weighted by Crippen LogP contribution is -2.27.